The molecule has 0 saturated carbocycles. The molecule has 2 rings (SSSR count). The Kier molecular flexibility index (Phi) is 6.36. The molecule has 0 unspecified atom stereocenters. The van der Waals surface area contributed by atoms with Gasteiger partial charge in [0.2, 0.25) is 16.0 Å². The number of nitrogens with two attached hydrogens (primary N) is 1. The lowest BCUT2D eigenvalue weighted by molar-refractivity contribution is 0.277. The first-order valence-corrected chi connectivity index (χ1v) is 9.66. The molecule has 142 valence electrons. The number of aromatic hydroxyl groups is 1. The van der Waals surface area contributed by atoms with E-state index in [2.05, 4.69) is 36.5 Å². The van der Waals surface area contributed by atoms with Crippen LogP contribution in [0.5, 0.6) is 5.75 Å². The molecular weight excluding hydrogens is 430 g/mol. The van der Waals surface area contributed by atoms with Gasteiger partial charge in [0.15, 0.2) is 0 Å². The molecule has 1 aromatic carbocycles. The van der Waals surface area contributed by atoms with Crippen LogP contribution in [0, 0.1) is 0 Å². The minimum atomic E-state index is -4.20. The molecule has 2 aromatic rings. The quantitative estimate of drug-likeness (QED) is 0.355. The number of rotatable bonds is 7. The number of hydrogen-bond acceptors (Lipinski definition) is 9. The second-order valence-electron chi connectivity index (χ2n) is 5.43. The van der Waals surface area contributed by atoms with Crippen LogP contribution < -0.4 is 15.8 Å². The number of primary sulfonamides is 1. The third-order valence-electron chi connectivity index (χ3n) is 3.26. The molecule has 26 heavy (non-hydrogen) atoms. The number of aromatic nitrogens is 2. The molecule has 0 aliphatic rings. The van der Waals surface area contributed by atoms with Crippen LogP contribution in [0.4, 0.5) is 17.5 Å². The number of halogens is 1. The van der Waals surface area contributed by atoms with Gasteiger partial charge in [-0.3, -0.25) is 0 Å². The molecule has 0 bridgehead atoms. The summed E-state index contributed by atoms with van der Waals surface area (Å²) in [4.78, 5) is 7.76. The fourth-order valence-corrected chi connectivity index (χ4v) is 3.27. The van der Waals surface area contributed by atoms with Crippen LogP contribution in [0.2, 0.25) is 0 Å². The third-order valence-corrected chi connectivity index (χ3v) is 4.88. The molecule has 12 heteroatoms. The molecule has 0 saturated heterocycles. The molecule has 0 spiro atoms. The van der Waals surface area contributed by atoms with Crippen molar-refractivity contribution in [3.63, 3.8) is 0 Å². The number of nitrogens with one attached hydrogen (secondary N) is 2. The predicted molar refractivity (Wildman–Crippen MR) is 98.6 cm³/mol. The van der Waals surface area contributed by atoms with Gasteiger partial charge in [0.05, 0.1) is 17.7 Å². The lowest BCUT2D eigenvalue weighted by Crippen LogP contribution is -2.20. The van der Waals surface area contributed by atoms with Crippen molar-refractivity contribution in [1.82, 2.24) is 9.97 Å². The summed E-state index contributed by atoms with van der Waals surface area (Å²) in [5.41, 5.74) is 0.182. The van der Waals surface area contributed by atoms with Gasteiger partial charge < -0.3 is 26.0 Å². The molecule has 0 fully saturated rings. The summed E-state index contributed by atoms with van der Waals surface area (Å²) in [7, 11) is -4.20. The lowest BCUT2D eigenvalue weighted by atomic mass is 10.2. The van der Waals surface area contributed by atoms with Gasteiger partial charge in [-0.15, -0.1) is 0 Å². The number of phenolic OH excluding ortho intramolecular Hbond substituents is 1. The highest BCUT2D eigenvalue weighted by atomic mass is 79.9. The van der Waals surface area contributed by atoms with Gasteiger partial charge in [0.25, 0.3) is 0 Å². The number of phenols is 1. The molecule has 0 radical (unpaired) electrons. The Hall–Kier alpha value is -1.99. The molecule has 1 atom stereocenters. The number of nitrogens with zero attached hydrogens (tertiary/aromatic N) is 2. The van der Waals surface area contributed by atoms with Crippen LogP contribution in [0.15, 0.2) is 27.7 Å². The molecule has 0 amide bonds. The molecule has 1 heterocycles. The van der Waals surface area contributed by atoms with Gasteiger partial charge in [-0.1, -0.05) is 0 Å². The van der Waals surface area contributed by atoms with Crippen LogP contribution in [0.1, 0.15) is 12.5 Å². The summed E-state index contributed by atoms with van der Waals surface area (Å²) < 4.78 is 23.7. The van der Waals surface area contributed by atoms with E-state index in [1.165, 1.54) is 12.3 Å². The average molecular weight is 448 g/mol. The lowest BCUT2D eigenvalue weighted by Gasteiger charge is -2.15. The van der Waals surface area contributed by atoms with Gasteiger partial charge in [-0.05, 0) is 28.9 Å². The summed E-state index contributed by atoms with van der Waals surface area (Å²) in [5, 5.41) is 39.3. The van der Waals surface area contributed by atoms with E-state index < -0.39 is 27.3 Å². The Morgan fingerprint density at radius 2 is 2.04 bits per heavy atom. The largest absolute Gasteiger partial charge is 0.506 e. The fraction of sp³-hybridized carbons (Fsp3) is 0.286. The van der Waals surface area contributed by atoms with E-state index in [0.29, 0.717) is 10.3 Å². The van der Waals surface area contributed by atoms with Gasteiger partial charge in [-0.2, -0.15) is 4.98 Å². The minimum Gasteiger partial charge on any atom is -0.506 e. The predicted octanol–water partition coefficient (Wildman–Crippen LogP) is 0.621. The molecular formula is C14H18BrN5O5S. The number of benzene rings is 1. The zero-order valence-electron chi connectivity index (χ0n) is 13.6. The van der Waals surface area contributed by atoms with E-state index in [0.717, 1.165) is 6.07 Å². The Labute approximate surface area is 158 Å². The van der Waals surface area contributed by atoms with E-state index in [1.807, 2.05) is 0 Å². The zero-order valence-corrected chi connectivity index (χ0v) is 16.0. The van der Waals surface area contributed by atoms with Crippen molar-refractivity contribution in [3.05, 3.63) is 28.4 Å². The van der Waals surface area contributed by atoms with Crippen molar-refractivity contribution in [3.8, 4) is 5.75 Å². The van der Waals surface area contributed by atoms with E-state index in [4.69, 9.17) is 10.2 Å². The first kappa shape index (κ1) is 20.3. The second-order valence-corrected chi connectivity index (χ2v) is 7.78. The van der Waals surface area contributed by atoms with Crippen LogP contribution in [0.25, 0.3) is 0 Å². The highest BCUT2D eigenvalue weighted by Gasteiger charge is 2.20. The van der Waals surface area contributed by atoms with E-state index in [1.54, 1.807) is 6.92 Å². The monoisotopic (exact) mass is 447 g/mol. The average Bonchev–Trinajstić information content (AvgIpc) is 2.55. The van der Waals surface area contributed by atoms with Gasteiger partial charge in [0, 0.05) is 29.6 Å². The highest BCUT2D eigenvalue weighted by molar-refractivity contribution is 9.10. The third kappa shape index (κ3) is 4.80. The number of hydrogen-bond donors (Lipinski definition) is 6. The van der Waals surface area contributed by atoms with Gasteiger partial charge >= 0.3 is 0 Å². The maximum Gasteiger partial charge on any atom is 0.242 e. The maximum absolute atomic E-state index is 11.5. The highest BCUT2D eigenvalue weighted by Crippen LogP contribution is 2.31. The normalized spacial score (nSPS) is 12.7. The maximum atomic E-state index is 11.5. The van der Waals surface area contributed by atoms with Gasteiger partial charge in [0.1, 0.15) is 16.5 Å². The van der Waals surface area contributed by atoms with E-state index in [-0.39, 0.29) is 29.8 Å². The van der Waals surface area contributed by atoms with E-state index in [9.17, 15) is 18.6 Å². The molecule has 0 aliphatic heterocycles. The Morgan fingerprint density at radius 1 is 1.35 bits per heavy atom. The van der Waals surface area contributed by atoms with Crippen molar-refractivity contribution in [2.45, 2.75) is 24.5 Å². The number of sulfonamides is 1. The topological polar surface area (TPSA) is 171 Å². The summed E-state index contributed by atoms with van der Waals surface area (Å²) in [6, 6.07) is 2.20. The Morgan fingerprint density at radius 3 is 2.62 bits per heavy atom. The summed E-state index contributed by atoms with van der Waals surface area (Å²) in [6.45, 7) is 1.03. The number of aliphatic hydroxyl groups excluding tert-OH is 2. The number of anilines is 3. The number of aliphatic hydroxyl groups is 2. The van der Waals surface area contributed by atoms with Crippen LogP contribution in [-0.4, -0.2) is 46.4 Å². The summed E-state index contributed by atoms with van der Waals surface area (Å²) >= 11 is 3.29. The fourth-order valence-electron chi connectivity index (χ4n) is 2.13. The zero-order chi connectivity index (χ0) is 19.5. The smallest absolute Gasteiger partial charge is 0.242 e. The van der Waals surface area contributed by atoms with Crippen molar-refractivity contribution in [1.29, 1.82) is 0 Å². The Balaban J connectivity index is 2.37. The molecule has 1 aromatic heterocycles. The van der Waals surface area contributed by atoms with Crippen LogP contribution >= 0.6 is 15.9 Å². The summed E-state index contributed by atoms with van der Waals surface area (Å²) in [5.74, 6) is -0.0322. The first-order valence-electron chi connectivity index (χ1n) is 7.32. The van der Waals surface area contributed by atoms with Crippen molar-refractivity contribution < 1.29 is 23.7 Å². The molecule has 10 nitrogen and oxygen atoms in total. The first-order chi connectivity index (χ1) is 12.2. The van der Waals surface area contributed by atoms with Crippen molar-refractivity contribution in [2.24, 2.45) is 5.14 Å². The SMILES string of the molecule is C[C@H](CO)Nc1nc(Nc2cc(O)c(S(N)(=O)=O)c(CO)c2)ncc1Br. The molecule has 0 aliphatic carbocycles. The van der Waals surface area contributed by atoms with E-state index >= 15 is 0 Å². The van der Waals surface area contributed by atoms with Gasteiger partial charge in [-0.25, -0.2) is 18.5 Å². The second kappa shape index (κ2) is 8.14. The summed E-state index contributed by atoms with van der Waals surface area (Å²) in [6.07, 6.45) is 1.48. The standard InChI is InChI=1S/C14H18BrN5O5S/c1-7(5-21)18-13-10(15)4-17-14(20-13)19-9-2-8(6-22)12(11(23)3-9)26(16,24)25/h2-4,7,21-23H,5-6H2,1H3,(H2,16,24,25)(H2,17,18,19,20)/t7-/m1/s1. The van der Waals surface area contributed by atoms with Crippen LogP contribution in [-0.2, 0) is 16.6 Å². The Bertz CT molecular complexity index is 909. The minimum absolute atomic E-state index is 0.0700. The van der Waals surface area contributed by atoms with Crippen molar-refractivity contribution >= 4 is 43.4 Å². The molecule has 7 N–H and O–H groups in total. The van der Waals surface area contributed by atoms with Crippen LogP contribution in [0.3, 0.4) is 0 Å². The van der Waals surface area contributed by atoms with Crippen molar-refractivity contribution in [2.75, 3.05) is 17.2 Å².